The number of carbonyl (C=O) groups excluding carboxylic acids is 1. The minimum Gasteiger partial charge on any atom is -0.492 e. The number of anilines is 2. The van der Waals surface area contributed by atoms with E-state index in [9.17, 15) is 4.79 Å². The van der Waals surface area contributed by atoms with Crippen LogP contribution in [0.4, 0.5) is 16.6 Å². The van der Waals surface area contributed by atoms with Gasteiger partial charge >= 0.3 is 6.03 Å². The average Bonchev–Trinajstić information content (AvgIpc) is 3.70. The number of amides is 2. The number of urea groups is 1. The second-order valence-corrected chi connectivity index (χ2v) is 15.5. The van der Waals surface area contributed by atoms with E-state index >= 15 is 0 Å². The SMILES string of the molecule is C=C1/C=C\C=C/C[C@H](Oc2ccc3nnc(N(C(C)C)C(C)C)n3c2)CC[C@@H]1NC(=O)Nc1cc(C(C)(C)C)nn1-c1cccc(OCCN(C)C)c1. The minimum atomic E-state index is -0.347. The fraction of sp³-hybridized carbons (Fsp3) is 0.463. The summed E-state index contributed by atoms with van der Waals surface area (Å²) < 4.78 is 16.3. The molecule has 3 heterocycles. The molecule has 0 spiro atoms. The Bertz CT molecular complexity index is 1910. The van der Waals surface area contributed by atoms with Crippen molar-refractivity contribution in [2.24, 2.45) is 0 Å². The monoisotopic (exact) mass is 723 g/mol. The highest BCUT2D eigenvalue weighted by Gasteiger charge is 2.25. The average molecular weight is 724 g/mol. The van der Waals surface area contributed by atoms with Crippen LogP contribution in [0.3, 0.4) is 0 Å². The van der Waals surface area contributed by atoms with Crippen molar-refractivity contribution in [3.63, 3.8) is 0 Å². The van der Waals surface area contributed by atoms with Crippen LogP contribution >= 0.6 is 0 Å². The molecule has 1 aromatic carbocycles. The number of hydrogen-bond acceptors (Lipinski definition) is 8. The highest BCUT2D eigenvalue weighted by atomic mass is 16.5. The Kier molecular flexibility index (Phi) is 12.7. The predicted molar refractivity (Wildman–Crippen MR) is 214 cm³/mol. The van der Waals surface area contributed by atoms with E-state index < -0.39 is 0 Å². The molecule has 0 saturated carbocycles. The van der Waals surface area contributed by atoms with Crippen LogP contribution in [0.5, 0.6) is 11.5 Å². The number of rotatable bonds is 12. The minimum absolute atomic E-state index is 0.135. The zero-order chi connectivity index (χ0) is 38.3. The van der Waals surface area contributed by atoms with Crippen LogP contribution in [0.2, 0.25) is 0 Å². The van der Waals surface area contributed by atoms with E-state index in [2.05, 4.69) is 91.8 Å². The van der Waals surface area contributed by atoms with Crippen molar-refractivity contribution in [2.75, 3.05) is 37.5 Å². The third kappa shape index (κ3) is 10.3. The van der Waals surface area contributed by atoms with Gasteiger partial charge in [0.25, 0.3) is 0 Å². The van der Waals surface area contributed by atoms with Crippen LogP contribution in [0.25, 0.3) is 11.3 Å². The van der Waals surface area contributed by atoms with Gasteiger partial charge in [-0.2, -0.15) is 5.10 Å². The van der Waals surface area contributed by atoms with E-state index in [4.69, 9.17) is 14.6 Å². The lowest BCUT2D eigenvalue weighted by atomic mass is 9.92. The molecule has 1 aliphatic carbocycles. The van der Waals surface area contributed by atoms with Crippen molar-refractivity contribution in [1.29, 1.82) is 0 Å². The van der Waals surface area contributed by atoms with Crippen molar-refractivity contribution in [1.82, 2.24) is 34.6 Å². The second kappa shape index (κ2) is 17.2. The van der Waals surface area contributed by atoms with Gasteiger partial charge in [0.05, 0.1) is 23.6 Å². The highest BCUT2D eigenvalue weighted by molar-refractivity contribution is 5.89. The number of likely N-dealkylation sites (N-methyl/N-ethyl adjacent to an activating group) is 1. The maximum atomic E-state index is 13.7. The quantitative estimate of drug-likeness (QED) is 0.154. The first kappa shape index (κ1) is 39.1. The van der Waals surface area contributed by atoms with Gasteiger partial charge in [-0.05, 0) is 84.5 Å². The number of nitrogens with zero attached hydrogens (tertiary/aromatic N) is 7. The third-order valence-corrected chi connectivity index (χ3v) is 9.08. The number of benzene rings is 1. The van der Waals surface area contributed by atoms with Crippen LogP contribution in [-0.4, -0.2) is 86.8 Å². The van der Waals surface area contributed by atoms with Gasteiger partial charge < -0.3 is 24.6 Å². The Morgan fingerprint density at radius 3 is 2.51 bits per heavy atom. The van der Waals surface area contributed by atoms with Crippen LogP contribution in [0, 0.1) is 0 Å². The molecule has 2 N–H and O–H groups in total. The van der Waals surface area contributed by atoms with E-state index in [1.807, 2.05) is 85.4 Å². The molecular formula is C41H57N9O3. The number of nitrogens with one attached hydrogen (secondary N) is 2. The van der Waals surface area contributed by atoms with Crippen LogP contribution in [0.15, 0.2) is 85.1 Å². The van der Waals surface area contributed by atoms with Crippen LogP contribution in [0.1, 0.15) is 73.4 Å². The molecule has 2 amide bonds. The molecule has 0 unspecified atom stereocenters. The van der Waals surface area contributed by atoms with Crippen LogP contribution < -0.4 is 25.0 Å². The molecule has 3 aromatic heterocycles. The Balaban J connectivity index is 1.31. The van der Waals surface area contributed by atoms with Gasteiger partial charge in [0.2, 0.25) is 5.95 Å². The summed E-state index contributed by atoms with van der Waals surface area (Å²) in [5.41, 5.74) is 2.96. The van der Waals surface area contributed by atoms with Crippen molar-refractivity contribution in [2.45, 2.75) is 97.4 Å². The lowest BCUT2D eigenvalue weighted by molar-refractivity contribution is 0.186. The highest BCUT2D eigenvalue weighted by Crippen LogP contribution is 2.29. The zero-order valence-corrected chi connectivity index (χ0v) is 32.8. The fourth-order valence-electron chi connectivity index (χ4n) is 6.28. The summed E-state index contributed by atoms with van der Waals surface area (Å²) in [7, 11) is 4.03. The van der Waals surface area contributed by atoms with Gasteiger partial charge in [-0.3, -0.25) is 9.72 Å². The normalized spacial score (nSPS) is 18.0. The maximum absolute atomic E-state index is 13.7. The Hall–Kier alpha value is -5.10. The smallest absolute Gasteiger partial charge is 0.320 e. The first-order valence-corrected chi connectivity index (χ1v) is 18.6. The molecule has 0 bridgehead atoms. The first-order chi connectivity index (χ1) is 25.2. The van der Waals surface area contributed by atoms with Gasteiger partial charge in [0.15, 0.2) is 5.65 Å². The topological polar surface area (TPSA) is 114 Å². The summed E-state index contributed by atoms with van der Waals surface area (Å²) in [6.45, 7) is 20.6. The van der Waals surface area contributed by atoms with Gasteiger partial charge in [0.1, 0.15) is 30.0 Å². The van der Waals surface area contributed by atoms with Crippen LogP contribution in [-0.2, 0) is 5.41 Å². The summed E-state index contributed by atoms with van der Waals surface area (Å²) in [6.07, 6.45) is 11.9. The third-order valence-electron chi connectivity index (χ3n) is 9.08. The Morgan fingerprint density at radius 2 is 1.79 bits per heavy atom. The summed E-state index contributed by atoms with van der Waals surface area (Å²) in [5, 5.41) is 20.1. The van der Waals surface area contributed by atoms with Crippen molar-refractivity contribution < 1.29 is 14.3 Å². The summed E-state index contributed by atoms with van der Waals surface area (Å²) in [4.78, 5) is 18.0. The molecule has 0 fully saturated rings. The van der Waals surface area contributed by atoms with Crippen molar-refractivity contribution in [3.05, 3.63) is 90.8 Å². The maximum Gasteiger partial charge on any atom is 0.320 e. The van der Waals surface area contributed by atoms with Gasteiger partial charge in [-0.1, -0.05) is 57.7 Å². The molecule has 12 nitrogen and oxygen atoms in total. The van der Waals surface area contributed by atoms with Gasteiger partial charge in [-0.15, -0.1) is 10.2 Å². The lowest BCUT2D eigenvalue weighted by Crippen LogP contribution is -2.40. The standard InChI is InChI=1S/C41H57N9O3/c1-28(2)49(29(3)4)40-45-44-37-22-20-34(27-48(37)40)53-32-17-13-11-12-15-30(5)35(21-19-32)42-39(51)43-38-26-36(41(6,7)8)46-50(38)31-16-14-18-33(25-31)52-24-23-47(9)10/h11-16,18,20,22,25-29,32,35H,5,17,19,21,23-24H2,1-4,6-10H3,(H2,42,43,51)/b13-11-,15-12-/t32-,35-/m0/s1. The molecule has 12 heteroatoms. The molecule has 1 aliphatic rings. The molecule has 0 radical (unpaired) electrons. The molecule has 53 heavy (non-hydrogen) atoms. The van der Waals surface area contributed by atoms with Crippen molar-refractivity contribution in [3.8, 4) is 17.2 Å². The second-order valence-electron chi connectivity index (χ2n) is 15.5. The Morgan fingerprint density at radius 1 is 1.02 bits per heavy atom. The molecule has 284 valence electrons. The molecular weight excluding hydrogens is 667 g/mol. The summed E-state index contributed by atoms with van der Waals surface area (Å²) >= 11 is 0. The largest absolute Gasteiger partial charge is 0.492 e. The number of aromatic nitrogens is 5. The van der Waals surface area contributed by atoms with Gasteiger partial charge in [0, 0.05) is 42.6 Å². The molecule has 2 atom stereocenters. The molecule has 5 rings (SSSR count). The molecule has 0 saturated heterocycles. The lowest BCUT2D eigenvalue weighted by Gasteiger charge is -2.30. The summed E-state index contributed by atoms with van der Waals surface area (Å²) in [6, 6.07) is 13.4. The number of ether oxygens (including phenoxy) is 2. The number of fused-ring (bicyclic) bond motifs is 1. The van der Waals surface area contributed by atoms with Crippen molar-refractivity contribution >= 4 is 23.4 Å². The van der Waals surface area contributed by atoms with E-state index in [1.54, 1.807) is 4.68 Å². The number of hydrogen-bond donors (Lipinski definition) is 2. The molecule has 0 aliphatic heterocycles. The number of allylic oxidation sites excluding steroid dienone is 2. The predicted octanol–water partition coefficient (Wildman–Crippen LogP) is 7.57. The van der Waals surface area contributed by atoms with E-state index in [-0.39, 0.29) is 35.7 Å². The van der Waals surface area contributed by atoms with Gasteiger partial charge in [-0.25, -0.2) is 9.48 Å². The first-order valence-electron chi connectivity index (χ1n) is 18.6. The molecule has 4 aromatic rings. The van der Waals surface area contributed by atoms with E-state index in [0.717, 1.165) is 46.6 Å². The Labute approximate surface area is 314 Å². The summed E-state index contributed by atoms with van der Waals surface area (Å²) in [5.74, 6) is 2.81. The number of pyridine rings is 1. The van der Waals surface area contributed by atoms with E-state index in [1.165, 1.54) is 0 Å². The fourth-order valence-corrected chi connectivity index (χ4v) is 6.28. The van der Waals surface area contributed by atoms with E-state index in [0.29, 0.717) is 31.7 Å². The number of carbonyl (C=O) groups is 1. The zero-order valence-electron chi connectivity index (χ0n) is 32.8.